The molecule has 10 nitrogen and oxygen atoms in total. The van der Waals surface area contributed by atoms with Crippen molar-refractivity contribution in [1.29, 1.82) is 0 Å². The lowest BCUT2D eigenvalue weighted by atomic mass is 9.90. The number of nitrogens with zero attached hydrogens (tertiary/aromatic N) is 5. The van der Waals surface area contributed by atoms with Gasteiger partial charge in [0.15, 0.2) is 23.0 Å². The van der Waals surface area contributed by atoms with Gasteiger partial charge in [-0.15, -0.1) is 12.4 Å². The number of ether oxygens (including phenoxy) is 1. The number of fused-ring (bicyclic) bond motifs is 1. The minimum Gasteiger partial charge on any atom is -0.494 e. The first-order valence-electron chi connectivity index (χ1n) is 14.6. The molecule has 2 aromatic carbocycles. The number of hydrogen-bond acceptors (Lipinski definition) is 7. The highest BCUT2D eigenvalue weighted by molar-refractivity contribution is 5.96. The van der Waals surface area contributed by atoms with Crippen LogP contribution in [-0.2, 0) is 4.79 Å². The van der Waals surface area contributed by atoms with E-state index >= 15 is 0 Å². The molecular weight excluding hydrogens is 604 g/mol. The number of amides is 2. The highest BCUT2D eigenvalue weighted by Crippen LogP contribution is 2.32. The van der Waals surface area contributed by atoms with E-state index in [2.05, 4.69) is 34.4 Å². The molecule has 2 aliphatic heterocycles. The van der Waals surface area contributed by atoms with Crippen LogP contribution < -0.4 is 15.4 Å². The number of aromatic nitrogens is 3. The summed E-state index contributed by atoms with van der Waals surface area (Å²) in [5.74, 6) is -1.83. The second kappa shape index (κ2) is 12.6. The van der Waals surface area contributed by atoms with E-state index in [1.807, 2.05) is 17.9 Å². The van der Waals surface area contributed by atoms with E-state index in [0.717, 1.165) is 18.5 Å². The fourth-order valence-corrected chi connectivity index (χ4v) is 6.00. The molecule has 238 valence electrons. The Balaban J connectivity index is 0.00000400. The molecule has 0 spiro atoms. The van der Waals surface area contributed by atoms with Crippen LogP contribution in [0.15, 0.2) is 48.9 Å². The third-order valence-corrected chi connectivity index (χ3v) is 8.45. The third kappa shape index (κ3) is 6.16. The number of piperazine rings is 1. The molecule has 2 N–H and O–H groups in total. The van der Waals surface area contributed by atoms with Gasteiger partial charge in [0.1, 0.15) is 0 Å². The highest BCUT2D eigenvalue weighted by atomic mass is 35.5. The minimum atomic E-state index is -1.07. The summed E-state index contributed by atoms with van der Waals surface area (Å²) in [7, 11) is 1.28. The Morgan fingerprint density at radius 1 is 1.04 bits per heavy atom. The monoisotopic (exact) mass is 639 g/mol. The van der Waals surface area contributed by atoms with Crippen molar-refractivity contribution in [2.45, 2.75) is 33.2 Å². The number of aryl methyl sites for hydroxylation is 1. The average Bonchev–Trinajstić information content (AvgIpc) is 3.61. The number of carbonyl (C=O) groups is 2. The van der Waals surface area contributed by atoms with Gasteiger partial charge in [0.05, 0.1) is 25.0 Å². The molecule has 2 amide bonds. The number of carbonyl (C=O) groups excluding carboxylic acids is 2. The first kappa shape index (κ1) is 32.1. The molecule has 1 atom stereocenters. The van der Waals surface area contributed by atoms with Gasteiger partial charge in [-0.2, -0.15) is 4.39 Å². The zero-order valence-electron chi connectivity index (χ0n) is 25.6. The van der Waals surface area contributed by atoms with Gasteiger partial charge in [0, 0.05) is 61.9 Å². The summed E-state index contributed by atoms with van der Waals surface area (Å²) in [6, 6.07) is 8.07. The fraction of sp³-hybridized carbons (Fsp3) is 0.375. The Kier molecular flexibility index (Phi) is 8.99. The fourth-order valence-electron chi connectivity index (χ4n) is 6.00. The summed E-state index contributed by atoms with van der Waals surface area (Å²) in [6.45, 7) is 8.99. The predicted octanol–water partition coefficient (Wildman–Crippen LogP) is 4.83. The van der Waals surface area contributed by atoms with Crippen molar-refractivity contribution in [3.8, 4) is 17.0 Å². The summed E-state index contributed by atoms with van der Waals surface area (Å²) in [5.41, 5.74) is 2.97. The smallest absolute Gasteiger partial charge is 0.254 e. The molecule has 0 radical (unpaired) electrons. The second-order valence-corrected chi connectivity index (χ2v) is 12.1. The maximum Gasteiger partial charge on any atom is 0.254 e. The number of benzene rings is 2. The van der Waals surface area contributed by atoms with Crippen LogP contribution in [0.1, 0.15) is 36.2 Å². The molecule has 2 fully saturated rings. The van der Waals surface area contributed by atoms with Crippen molar-refractivity contribution in [3.05, 3.63) is 71.7 Å². The molecule has 2 saturated heterocycles. The SMILES string of the molecule is COc1ccc(-c2cnc3c(Nc4ccc(C(=O)N5CCN(C(=O)[C@@H]6CC(C)(C)CN6)CC5)c(C)c4)nccn23)c(F)c1F.Cl. The van der Waals surface area contributed by atoms with Gasteiger partial charge in [-0.25, -0.2) is 14.4 Å². The van der Waals surface area contributed by atoms with Crippen molar-refractivity contribution in [2.24, 2.45) is 5.41 Å². The highest BCUT2D eigenvalue weighted by Gasteiger charge is 2.37. The Morgan fingerprint density at radius 3 is 2.44 bits per heavy atom. The van der Waals surface area contributed by atoms with Crippen LogP contribution >= 0.6 is 12.4 Å². The zero-order valence-corrected chi connectivity index (χ0v) is 26.4. The van der Waals surface area contributed by atoms with Crippen LogP contribution in [0.5, 0.6) is 5.75 Å². The Hall–Kier alpha value is -4.29. The lowest BCUT2D eigenvalue weighted by Gasteiger charge is -2.36. The third-order valence-electron chi connectivity index (χ3n) is 8.45. The summed E-state index contributed by atoms with van der Waals surface area (Å²) in [5, 5.41) is 6.58. The van der Waals surface area contributed by atoms with Crippen LogP contribution in [0.25, 0.3) is 16.9 Å². The van der Waals surface area contributed by atoms with Crippen molar-refractivity contribution in [1.82, 2.24) is 29.5 Å². The van der Waals surface area contributed by atoms with E-state index in [-0.39, 0.29) is 47.0 Å². The molecular formula is C32H36ClF2N7O3. The van der Waals surface area contributed by atoms with Crippen LogP contribution in [0.2, 0.25) is 0 Å². The van der Waals surface area contributed by atoms with Gasteiger partial charge >= 0.3 is 0 Å². The molecule has 4 heterocycles. The molecule has 0 bridgehead atoms. The first-order valence-corrected chi connectivity index (χ1v) is 14.6. The molecule has 0 unspecified atom stereocenters. The van der Waals surface area contributed by atoms with Gasteiger partial charge in [-0.1, -0.05) is 13.8 Å². The summed E-state index contributed by atoms with van der Waals surface area (Å²) in [4.78, 5) is 38.9. The summed E-state index contributed by atoms with van der Waals surface area (Å²) in [6.07, 6.45) is 5.43. The minimum absolute atomic E-state index is 0. The zero-order chi connectivity index (χ0) is 31.2. The van der Waals surface area contributed by atoms with Crippen LogP contribution in [0, 0.1) is 24.0 Å². The topological polar surface area (TPSA) is 104 Å². The van der Waals surface area contributed by atoms with Crippen molar-refractivity contribution < 1.29 is 23.1 Å². The molecule has 13 heteroatoms. The lowest BCUT2D eigenvalue weighted by molar-refractivity contribution is -0.134. The van der Waals surface area contributed by atoms with E-state index in [1.165, 1.54) is 31.6 Å². The number of anilines is 2. The number of rotatable bonds is 6. The first-order chi connectivity index (χ1) is 21.1. The Bertz CT molecular complexity index is 1750. The second-order valence-electron chi connectivity index (χ2n) is 12.1. The van der Waals surface area contributed by atoms with Crippen molar-refractivity contribution >= 4 is 41.4 Å². The quantitative estimate of drug-likeness (QED) is 0.312. The average molecular weight is 640 g/mol. The van der Waals surface area contributed by atoms with E-state index in [9.17, 15) is 18.4 Å². The largest absolute Gasteiger partial charge is 0.494 e. The number of nitrogens with one attached hydrogen (secondary N) is 2. The van der Waals surface area contributed by atoms with E-state index in [1.54, 1.807) is 27.6 Å². The molecule has 45 heavy (non-hydrogen) atoms. The number of imidazole rings is 1. The summed E-state index contributed by atoms with van der Waals surface area (Å²) < 4.78 is 35.7. The normalized spacial score (nSPS) is 17.7. The van der Waals surface area contributed by atoms with Gasteiger partial charge in [0.25, 0.3) is 5.91 Å². The molecule has 6 rings (SSSR count). The molecule has 0 saturated carbocycles. The maximum atomic E-state index is 14.8. The Labute approximate surface area is 266 Å². The van der Waals surface area contributed by atoms with Crippen LogP contribution in [0.3, 0.4) is 0 Å². The molecule has 2 aromatic heterocycles. The van der Waals surface area contributed by atoms with Gasteiger partial charge in [-0.3, -0.25) is 14.0 Å². The van der Waals surface area contributed by atoms with Gasteiger partial charge < -0.3 is 25.2 Å². The van der Waals surface area contributed by atoms with Gasteiger partial charge in [0.2, 0.25) is 11.7 Å². The standard InChI is InChI=1S/C32H35F2N7O3.ClH/c1-19-15-20(5-6-21(19)30(42)39-11-13-40(14-12-39)31(43)23-16-32(2,3)18-37-23)38-28-29-36-17-24(41(29)10-9-35-28)22-7-8-25(44-4)27(34)26(22)33;/h5-10,15,17,23,37H,11-14,16,18H2,1-4H3,(H,35,38);1H/t23-;/m0./s1. The van der Waals surface area contributed by atoms with Crippen molar-refractivity contribution in [2.75, 3.05) is 45.2 Å². The molecule has 4 aromatic rings. The molecule has 2 aliphatic rings. The molecule has 0 aliphatic carbocycles. The Morgan fingerprint density at radius 2 is 1.78 bits per heavy atom. The maximum absolute atomic E-state index is 14.8. The number of halogens is 3. The lowest BCUT2D eigenvalue weighted by Crippen LogP contribution is -2.54. The van der Waals surface area contributed by atoms with Crippen molar-refractivity contribution in [3.63, 3.8) is 0 Å². The van der Waals surface area contributed by atoms with E-state index in [4.69, 9.17) is 4.74 Å². The summed E-state index contributed by atoms with van der Waals surface area (Å²) >= 11 is 0. The van der Waals surface area contributed by atoms with Gasteiger partial charge in [-0.05, 0) is 54.7 Å². The number of methoxy groups -OCH3 is 1. The van der Waals surface area contributed by atoms with Crippen LogP contribution in [-0.4, -0.2) is 81.9 Å². The number of hydrogen-bond donors (Lipinski definition) is 2. The van der Waals surface area contributed by atoms with Crippen LogP contribution in [0.4, 0.5) is 20.3 Å². The van der Waals surface area contributed by atoms with E-state index in [0.29, 0.717) is 54.6 Å². The van der Waals surface area contributed by atoms with E-state index < -0.39 is 11.6 Å². The predicted molar refractivity (Wildman–Crippen MR) is 169 cm³/mol.